The van der Waals surface area contributed by atoms with E-state index in [2.05, 4.69) is 22.5 Å². The van der Waals surface area contributed by atoms with E-state index >= 15 is 0 Å². The van der Waals surface area contributed by atoms with Gasteiger partial charge in [-0.25, -0.2) is 0 Å². The first-order valence-electron chi connectivity index (χ1n) is 8.61. The quantitative estimate of drug-likeness (QED) is 0.879. The van der Waals surface area contributed by atoms with Crippen molar-refractivity contribution in [2.24, 2.45) is 5.92 Å². The number of carbonyl (C=O) groups is 2. The van der Waals surface area contributed by atoms with E-state index in [1.165, 1.54) is 24.6 Å². The maximum absolute atomic E-state index is 12.5. The molecule has 0 aromatic heterocycles. The lowest BCUT2D eigenvalue weighted by Crippen LogP contribution is -2.45. The van der Waals surface area contributed by atoms with Crippen LogP contribution in [0.1, 0.15) is 37.0 Å². The molecule has 2 heterocycles. The molecule has 1 fully saturated rings. The monoisotopic (exact) mass is 347 g/mol. The number of nitrogens with one attached hydrogen (secondary N) is 2. The molecule has 0 bridgehead atoms. The highest BCUT2D eigenvalue weighted by atomic mass is 32.2. The lowest BCUT2D eigenvalue weighted by atomic mass is 10.00. The molecule has 130 valence electrons. The molecule has 1 saturated heterocycles. The van der Waals surface area contributed by atoms with E-state index in [-0.39, 0.29) is 17.9 Å². The Morgan fingerprint density at radius 2 is 2.33 bits per heavy atom. The van der Waals surface area contributed by atoms with Crippen molar-refractivity contribution < 1.29 is 9.59 Å². The van der Waals surface area contributed by atoms with Crippen molar-refractivity contribution in [1.82, 2.24) is 10.2 Å². The first-order chi connectivity index (χ1) is 11.5. The van der Waals surface area contributed by atoms with Crippen molar-refractivity contribution >= 4 is 29.3 Å². The second-order valence-corrected chi connectivity index (χ2v) is 7.95. The molecule has 0 radical (unpaired) electrons. The molecule has 0 spiro atoms. The van der Waals surface area contributed by atoms with Crippen LogP contribution in [0.25, 0.3) is 0 Å². The van der Waals surface area contributed by atoms with Gasteiger partial charge in [-0.3, -0.25) is 9.59 Å². The van der Waals surface area contributed by atoms with Crippen LogP contribution in [0, 0.1) is 5.92 Å². The van der Waals surface area contributed by atoms with Crippen LogP contribution < -0.4 is 10.6 Å². The fourth-order valence-electron chi connectivity index (χ4n) is 3.42. The molecule has 6 heteroatoms. The molecule has 0 saturated carbocycles. The summed E-state index contributed by atoms with van der Waals surface area (Å²) in [5, 5.41) is 5.91. The van der Waals surface area contributed by atoms with Gasteiger partial charge in [0.1, 0.15) is 0 Å². The van der Waals surface area contributed by atoms with Gasteiger partial charge in [0.2, 0.25) is 5.91 Å². The molecule has 5 nitrogen and oxygen atoms in total. The normalized spacial score (nSPS) is 22.4. The fraction of sp³-hybridized carbons (Fsp3) is 0.556. The predicted molar refractivity (Wildman–Crippen MR) is 97.6 cm³/mol. The Kier molecular flexibility index (Phi) is 5.46. The highest BCUT2D eigenvalue weighted by molar-refractivity contribution is 8.00. The van der Waals surface area contributed by atoms with Gasteiger partial charge in [-0.1, -0.05) is 6.92 Å². The molecular formula is C18H25N3O2S. The van der Waals surface area contributed by atoms with Gasteiger partial charge in [0.25, 0.3) is 5.91 Å². The highest BCUT2D eigenvalue weighted by Crippen LogP contribution is 2.31. The number of carbonyl (C=O) groups excluding carboxylic acids is 2. The summed E-state index contributed by atoms with van der Waals surface area (Å²) in [4.78, 5) is 27.4. The molecule has 2 aliphatic rings. The summed E-state index contributed by atoms with van der Waals surface area (Å²) in [6.07, 6.45) is 2.54. The second kappa shape index (κ2) is 7.57. The molecule has 2 aliphatic heterocycles. The number of fused-ring (bicyclic) bond motifs is 1. The third-order valence-corrected chi connectivity index (χ3v) is 5.60. The van der Waals surface area contributed by atoms with Crippen molar-refractivity contribution in [3.05, 3.63) is 23.8 Å². The number of hydrogen-bond donors (Lipinski definition) is 2. The Bertz CT molecular complexity index is 635. The Labute approximate surface area is 147 Å². The smallest absolute Gasteiger partial charge is 0.251 e. The standard InChI is InChI=1S/C18H25N3O2S/c1-12-4-3-7-21(9-12)10-13(2)19-18(23)14-5-6-16-15(8-14)20-17(22)11-24-16/h5-6,8,12-13H,3-4,7,9-11H2,1-2H3,(H,19,23)(H,20,22)/t12-,13+/m0/s1. The van der Waals surface area contributed by atoms with Gasteiger partial charge in [-0.2, -0.15) is 0 Å². The van der Waals surface area contributed by atoms with Gasteiger partial charge in [0.15, 0.2) is 0 Å². The van der Waals surface area contributed by atoms with Gasteiger partial charge in [-0.15, -0.1) is 11.8 Å². The summed E-state index contributed by atoms with van der Waals surface area (Å²) in [6.45, 7) is 7.45. The van der Waals surface area contributed by atoms with Gasteiger partial charge in [-0.05, 0) is 50.4 Å². The van der Waals surface area contributed by atoms with E-state index < -0.39 is 0 Å². The second-order valence-electron chi connectivity index (χ2n) is 6.93. The minimum atomic E-state index is -0.0832. The van der Waals surface area contributed by atoms with Gasteiger partial charge in [0.05, 0.1) is 11.4 Å². The number of hydrogen-bond acceptors (Lipinski definition) is 4. The Balaban J connectivity index is 1.58. The number of piperidine rings is 1. The van der Waals surface area contributed by atoms with Crippen LogP contribution in [0.3, 0.4) is 0 Å². The SMILES string of the molecule is C[C@H]1CCCN(C[C@@H](C)NC(=O)c2ccc3c(c2)NC(=O)CS3)C1. The molecule has 3 rings (SSSR count). The molecular weight excluding hydrogens is 322 g/mol. The van der Waals surface area contributed by atoms with Gasteiger partial charge in [0, 0.05) is 29.6 Å². The number of anilines is 1. The summed E-state index contributed by atoms with van der Waals surface area (Å²) < 4.78 is 0. The minimum absolute atomic E-state index is 0.0161. The van der Waals surface area contributed by atoms with E-state index in [1.807, 2.05) is 19.1 Å². The number of benzene rings is 1. The third kappa shape index (κ3) is 4.30. The average Bonchev–Trinajstić information content (AvgIpc) is 2.54. The van der Waals surface area contributed by atoms with Crippen LogP contribution in [0.15, 0.2) is 23.1 Å². The number of amides is 2. The number of nitrogens with zero attached hydrogens (tertiary/aromatic N) is 1. The summed E-state index contributed by atoms with van der Waals surface area (Å²) in [5.74, 6) is 1.07. The molecule has 1 aromatic rings. The maximum atomic E-state index is 12.5. The molecule has 2 amide bonds. The van der Waals surface area contributed by atoms with Crippen LogP contribution in [-0.2, 0) is 4.79 Å². The van der Waals surface area contributed by atoms with Crippen LogP contribution in [0.2, 0.25) is 0 Å². The molecule has 2 N–H and O–H groups in total. The van der Waals surface area contributed by atoms with Gasteiger partial charge < -0.3 is 15.5 Å². The average molecular weight is 347 g/mol. The molecule has 2 atom stereocenters. The van der Waals surface area contributed by atoms with Crippen LogP contribution in [-0.4, -0.2) is 48.1 Å². The van der Waals surface area contributed by atoms with Gasteiger partial charge >= 0.3 is 0 Å². The first kappa shape index (κ1) is 17.3. The van der Waals surface area contributed by atoms with E-state index in [4.69, 9.17) is 0 Å². The summed E-state index contributed by atoms with van der Waals surface area (Å²) >= 11 is 1.50. The van der Waals surface area contributed by atoms with Crippen LogP contribution >= 0.6 is 11.8 Å². The zero-order valence-electron chi connectivity index (χ0n) is 14.3. The number of thioether (sulfide) groups is 1. The molecule has 24 heavy (non-hydrogen) atoms. The fourth-order valence-corrected chi connectivity index (χ4v) is 4.21. The molecule has 0 unspecified atom stereocenters. The summed E-state index contributed by atoms with van der Waals surface area (Å²) in [5.41, 5.74) is 1.33. The Hall–Kier alpha value is -1.53. The zero-order valence-corrected chi connectivity index (χ0v) is 15.1. The summed E-state index contributed by atoms with van der Waals surface area (Å²) in [7, 11) is 0. The lowest BCUT2D eigenvalue weighted by Gasteiger charge is -2.32. The van der Waals surface area contributed by atoms with Crippen molar-refractivity contribution in [1.29, 1.82) is 0 Å². The zero-order chi connectivity index (χ0) is 17.1. The van der Waals surface area contributed by atoms with Crippen molar-refractivity contribution in [2.45, 2.75) is 37.6 Å². The molecule has 1 aromatic carbocycles. The van der Waals surface area contributed by atoms with E-state index in [1.54, 1.807) is 6.07 Å². The minimum Gasteiger partial charge on any atom is -0.348 e. The lowest BCUT2D eigenvalue weighted by molar-refractivity contribution is -0.113. The topological polar surface area (TPSA) is 61.4 Å². The third-order valence-electron chi connectivity index (χ3n) is 4.53. The molecule has 0 aliphatic carbocycles. The maximum Gasteiger partial charge on any atom is 0.251 e. The number of rotatable bonds is 4. The first-order valence-corrected chi connectivity index (χ1v) is 9.60. The summed E-state index contributed by atoms with van der Waals surface area (Å²) in [6, 6.07) is 5.60. The Morgan fingerprint density at radius 1 is 1.50 bits per heavy atom. The van der Waals surface area contributed by atoms with Crippen molar-refractivity contribution in [3.63, 3.8) is 0 Å². The van der Waals surface area contributed by atoms with Crippen LogP contribution in [0.5, 0.6) is 0 Å². The van der Waals surface area contributed by atoms with Crippen molar-refractivity contribution in [3.8, 4) is 0 Å². The van der Waals surface area contributed by atoms with Crippen LogP contribution in [0.4, 0.5) is 5.69 Å². The van der Waals surface area contributed by atoms with E-state index in [9.17, 15) is 9.59 Å². The number of likely N-dealkylation sites (tertiary alicyclic amines) is 1. The Morgan fingerprint density at radius 3 is 3.12 bits per heavy atom. The predicted octanol–water partition coefficient (Wildman–Crippen LogP) is 2.58. The highest BCUT2D eigenvalue weighted by Gasteiger charge is 2.20. The van der Waals surface area contributed by atoms with E-state index in [0.29, 0.717) is 11.3 Å². The van der Waals surface area contributed by atoms with E-state index in [0.717, 1.165) is 36.1 Å². The van der Waals surface area contributed by atoms with Crippen molar-refractivity contribution in [2.75, 3.05) is 30.7 Å². The largest absolute Gasteiger partial charge is 0.348 e.